The maximum absolute atomic E-state index is 12.6. The summed E-state index contributed by atoms with van der Waals surface area (Å²) in [6, 6.07) is -0.710. The van der Waals surface area contributed by atoms with E-state index in [4.69, 9.17) is 0 Å². The molecule has 0 spiro atoms. The summed E-state index contributed by atoms with van der Waals surface area (Å²) < 4.78 is 0. The van der Waals surface area contributed by atoms with Gasteiger partial charge in [-0.15, -0.1) is 0 Å². The molecule has 0 aliphatic rings. The third kappa shape index (κ3) is 52.7. The lowest BCUT2D eigenvalue weighted by molar-refractivity contribution is -0.131. The molecule has 0 fully saturated rings. The Kier molecular flexibility index (Phi) is 56.9. The highest BCUT2D eigenvalue weighted by molar-refractivity contribution is 5.80. The first kappa shape index (κ1) is 66.1. The molecule has 0 aromatic heterocycles. The number of aliphatic hydroxyl groups excluding tert-OH is 3. The van der Waals surface area contributed by atoms with Crippen LogP contribution in [0.1, 0.15) is 354 Å². The van der Waals surface area contributed by atoms with Gasteiger partial charge in [0.05, 0.1) is 18.8 Å². The minimum Gasteiger partial charge on any atom is -0.394 e. The van der Waals surface area contributed by atoms with Crippen LogP contribution < -0.4 is 5.32 Å². The number of nitrogens with one attached hydrogen (secondary N) is 1. The molecule has 0 saturated carbocycles. The number of carbonyl (C=O) groups excluding carboxylic acids is 1. The van der Waals surface area contributed by atoms with Gasteiger partial charge in [-0.05, 0) is 38.5 Å². The Morgan fingerprint density at radius 3 is 0.821 bits per heavy atom. The Bertz CT molecular complexity index is 956. The van der Waals surface area contributed by atoms with Gasteiger partial charge >= 0.3 is 0 Å². The van der Waals surface area contributed by atoms with Gasteiger partial charge in [0.1, 0.15) is 6.10 Å². The summed E-state index contributed by atoms with van der Waals surface area (Å²) in [4.78, 5) is 12.6. The van der Waals surface area contributed by atoms with Crippen LogP contribution in [0.4, 0.5) is 0 Å². The molecule has 67 heavy (non-hydrogen) atoms. The van der Waals surface area contributed by atoms with E-state index < -0.39 is 24.2 Å². The van der Waals surface area contributed by atoms with Crippen LogP contribution in [0.25, 0.3) is 0 Å². The van der Waals surface area contributed by atoms with Crippen LogP contribution in [-0.2, 0) is 4.79 Å². The zero-order valence-electron chi connectivity index (χ0n) is 45.8. The Morgan fingerprint density at radius 1 is 0.343 bits per heavy atom. The van der Waals surface area contributed by atoms with Crippen LogP contribution in [0.3, 0.4) is 0 Å². The van der Waals surface area contributed by atoms with Crippen molar-refractivity contribution in [3.05, 3.63) is 12.2 Å². The van der Waals surface area contributed by atoms with Gasteiger partial charge < -0.3 is 20.6 Å². The highest BCUT2D eigenvalue weighted by atomic mass is 16.3. The number of rotatable bonds is 58. The summed E-state index contributed by atoms with van der Waals surface area (Å²) in [5.74, 6) is -0.463. The fraction of sp³-hybridized carbons (Fsp3) is 0.952. The van der Waals surface area contributed by atoms with E-state index in [-0.39, 0.29) is 6.61 Å². The van der Waals surface area contributed by atoms with Gasteiger partial charge in [0.15, 0.2) is 0 Å². The molecule has 0 rings (SSSR count). The van der Waals surface area contributed by atoms with Crippen molar-refractivity contribution < 1.29 is 20.1 Å². The van der Waals surface area contributed by atoms with Crippen molar-refractivity contribution in [2.45, 2.75) is 372 Å². The number of carbonyl (C=O) groups is 1. The van der Waals surface area contributed by atoms with Crippen LogP contribution in [0.5, 0.6) is 0 Å². The van der Waals surface area contributed by atoms with E-state index in [1.807, 2.05) is 0 Å². The third-order valence-corrected chi connectivity index (χ3v) is 14.9. The second kappa shape index (κ2) is 57.7. The van der Waals surface area contributed by atoms with Gasteiger partial charge in [-0.2, -0.15) is 0 Å². The van der Waals surface area contributed by atoms with E-state index in [2.05, 4.69) is 31.3 Å². The Hall–Kier alpha value is -0.910. The predicted molar refractivity (Wildman–Crippen MR) is 296 cm³/mol. The summed E-state index contributed by atoms with van der Waals surface area (Å²) >= 11 is 0. The number of unbranched alkanes of at least 4 members (excludes halogenated alkanes) is 48. The molecule has 0 bridgehead atoms. The lowest BCUT2D eigenvalue weighted by Crippen LogP contribution is -2.49. The maximum Gasteiger partial charge on any atom is 0.249 e. The molecular weight excluding hydrogens is 823 g/mol. The van der Waals surface area contributed by atoms with Crippen LogP contribution in [0.2, 0.25) is 0 Å². The van der Waals surface area contributed by atoms with Crippen molar-refractivity contribution >= 4 is 5.91 Å². The van der Waals surface area contributed by atoms with Gasteiger partial charge in [0, 0.05) is 0 Å². The van der Waals surface area contributed by atoms with Crippen molar-refractivity contribution in [1.82, 2.24) is 5.32 Å². The predicted octanol–water partition coefficient (Wildman–Crippen LogP) is 19.5. The zero-order chi connectivity index (χ0) is 48.6. The van der Waals surface area contributed by atoms with Crippen LogP contribution >= 0.6 is 0 Å². The first-order valence-electron chi connectivity index (χ1n) is 31.0. The normalized spacial score (nSPS) is 13.2. The lowest BCUT2D eigenvalue weighted by Gasteiger charge is -2.23. The number of hydrogen-bond acceptors (Lipinski definition) is 4. The van der Waals surface area contributed by atoms with Crippen molar-refractivity contribution in [3.63, 3.8) is 0 Å². The summed E-state index contributed by atoms with van der Waals surface area (Å²) in [7, 11) is 0. The summed E-state index contributed by atoms with van der Waals surface area (Å²) in [5.41, 5.74) is 0. The highest BCUT2D eigenvalue weighted by Crippen LogP contribution is 2.19. The van der Waals surface area contributed by atoms with Crippen LogP contribution in [0.15, 0.2) is 12.2 Å². The van der Waals surface area contributed by atoms with E-state index in [9.17, 15) is 20.1 Å². The fourth-order valence-corrected chi connectivity index (χ4v) is 10.1. The molecule has 3 atom stereocenters. The largest absolute Gasteiger partial charge is 0.394 e. The zero-order valence-corrected chi connectivity index (χ0v) is 45.8. The van der Waals surface area contributed by atoms with E-state index in [1.54, 1.807) is 0 Å². The molecule has 5 heteroatoms. The minimum absolute atomic E-state index is 0.309. The van der Waals surface area contributed by atoms with Gasteiger partial charge in [-0.3, -0.25) is 4.79 Å². The van der Waals surface area contributed by atoms with E-state index >= 15 is 0 Å². The average Bonchev–Trinajstić information content (AvgIpc) is 3.33. The molecule has 0 radical (unpaired) electrons. The minimum atomic E-state index is -1.07. The number of amides is 1. The standard InChI is InChI=1S/C62H123NO4/c1-3-5-7-9-11-13-15-17-19-21-23-25-27-28-29-30-31-32-33-34-35-37-39-41-43-45-47-49-51-53-55-57-61(66)62(67)63-59(58-64)60(65)56-54-52-50-48-46-44-42-40-38-36-26-24-22-20-18-16-14-12-10-8-6-4-2/h28-29,59-61,64-66H,3-27,30-58H2,1-2H3,(H,63,67)/b29-28-. The molecule has 4 N–H and O–H groups in total. The second-order valence-corrected chi connectivity index (χ2v) is 21.6. The molecule has 0 aromatic carbocycles. The first-order chi connectivity index (χ1) is 33.1. The quantitative estimate of drug-likeness (QED) is 0.0361. The maximum atomic E-state index is 12.6. The highest BCUT2D eigenvalue weighted by Gasteiger charge is 2.23. The molecule has 0 heterocycles. The Balaban J connectivity index is 3.48. The fourth-order valence-electron chi connectivity index (χ4n) is 10.1. The van der Waals surface area contributed by atoms with Gasteiger partial charge in [0.2, 0.25) is 5.91 Å². The van der Waals surface area contributed by atoms with Crippen molar-refractivity contribution in [1.29, 1.82) is 0 Å². The van der Waals surface area contributed by atoms with Crippen molar-refractivity contribution in [3.8, 4) is 0 Å². The van der Waals surface area contributed by atoms with Crippen molar-refractivity contribution in [2.75, 3.05) is 6.61 Å². The smallest absolute Gasteiger partial charge is 0.249 e. The van der Waals surface area contributed by atoms with E-state index in [1.165, 1.54) is 295 Å². The third-order valence-electron chi connectivity index (χ3n) is 14.9. The topological polar surface area (TPSA) is 89.8 Å². The molecule has 400 valence electrons. The molecular formula is C62H123NO4. The van der Waals surface area contributed by atoms with Gasteiger partial charge in [0.25, 0.3) is 0 Å². The molecule has 1 amide bonds. The molecule has 0 aliphatic heterocycles. The molecule has 5 nitrogen and oxygen atoms in total. The molecule has 0 saturated heterocycles. The van der Waals surface area contributed by atoms with E-state index in [0.29, 0.717) is 12.8 Å². The number of allylic oxidation sites excluding steroid dienone is 2. The number of hydrogen-bond donors (Lipinski definition) is 4. The monoisotopic (exact) mass is 946 g/mol. The summed E-state index contributed by atoms with van der Waals surface area (Å²) in [6.45, 7) is 4.28. The second-order valence-electron chi connectivity index (χ2n) is 21.6. The molecule has 3 unspecified atom stereocenters. The molecule has 0 aliphatic carbocycles. The van der Waals surface area contributed by atoms with Crippen molar-refractivity contribution in [2.24, 2.45) is 0 Å². The Morgan fingerprint density at radius 2 is 0.567 bits per heavy atom. The molecule has 0 aromatic rings. The summed E-state index contributed by atoms with van der Waals surface area (Å²) in [5, 5.41) is 33.6. The van der Waals surface area contributed by atoms with Crippen LogP contribution in [-0.4, -0.2) is 46.1 Å². The first-order valence-corrected chi connectivity index (χ1v) is 31.0. The lowest BCUT2D eigenvalue weighted by atomic mass is 10.0. The summed E-state index contributed by atoms with van der Waals surface area (Å²) in [6.07, 6.45) is 72.8. The number of aliphatic hydroxyl groups is 3. The van der Waals surface area contributed by atoms with E-state index in [0.717, 1.165) is 32.1 Å². The van der Waals surface area contributed by atoms with Gasteiger partial charge in [-0.25, -0.2) is 0 Å². The van der Waals surface area contributed by atoms with Crippen LogP contribution in [0, 0.1) is 0 Å². The average molecular weight is 947 g/mol. The SMILES string of the molecule is CCCCCCCCCCCCCC/C=C\CCCCCCCCCCCCCCCCCC(O)C(=O)NC(CO)C(O)CCCCCCCCCCCCCCCCCCCCCCCC. The van der Waals surface area contributed by atoms with Gasteiger partial charge in [-0.1, -0.05) is 328 Å². The Labute approximate surface area is 420 Å².